The summed E-state index contributed by atoms with van der Waals surface area (Å²) in [4.78, 5) is 9.22. The number of benzene rings is 1. The molecule has 0 unspecified atom stereocenters. The lowest BCUT2D eigenvalue weighted by atomic mass is 10.2. The van der Waals surface area contributed by atoms with Crippen molar-refractivity contribution in [3.63, 3.8) is 0 Å². The second kappa shape index (κ2) is 5.25. The summed E-state index contributed by atoms with van der Waals surface area (Å²) < 4.78 is 2.10. The topological polar surface area (TPSA) is 30.7 Å². The molecule has 0 aliphatic rings. The molecule has 3 rings (SSSR count). The second-order valence-electron chi connectivity index (χ2n) is 4.94. The van der Waals surface area contributed by atoms with Crippen molar-refractivity contribution in [3.8, 4) is 5.69 Å². The van der Waals surface area contributed by atoms with E-state index in [0.29, 0.717) is 5.88 Å². The zero-order chi connectivity index (χ0) is 14.1. The number of nitrogens with zero attached hydrogens (tertiary/aromatic N) is 3. The Morgan fingerprint density at radius 2 is 1.85 bits per heavy atom. The molecule has 0 saturated heterocycles. The molecule has 0 spiro atoms. The lowest BCUT2D eigenvalue weighted by molar-refractivity contribution is 0.905. The van der Waals surface area contributed by atoms with Crippen molar-refractivity contribution >= 4 is 22.8 Å². The first-order valence-corrected chi connectivity index (χ1v) is 7.20. The second-order valence-corrected chi connectivity index (χ2v) is 5.32. The van der Waals surface area contributed by atoms with Crippen molar-refractivity contribution in [2.45, 2.75) is 20.3 Å². The first kappa shape index (κ1) is 13.1. The van der Waals surface area contributed by atoms with Crippen LogP contribution in [0, 0.1) is 13.8 Å². The molecular formula is C16H16ClN3. The molecule has 3 aromatic rings. The van der Waals surface area contributed by atoms with Gasteiger partial charge in [0.15, 0.2) is 5.65 Å². The molecule has 0 aliphatic carbocycles. The summed E-state index contributed by atoms with van der Waals surface area (Å²) in [6.45, 7) is 4.14. The highest BCUT2D eigenvalue weighted by Crippen LogP contribution is 2.23. The van der Waals surface area contributed by atoms with Gasteiger partial charge in [-0.25, -0.2) is 9.97 Å². The summed E-state index contributed by atoms with van der Waals surface area (Å²) in [5.74, 6) is 1.51. The van der Waals surface area contributed by atoms with Gasteiger partial charge in [-0.1, -0.05) is 17.7 Å². The standard InChI is InChI=1S/C16H16ClN3/c1-11-3-5-13(6-4-11)20-14(7-9-17)19-15-12(2)8-10-18-16(15)20/h3-6,8,10H,7,9H2,1-2H3. The SMILES string of the molecule is Cc1ccc(-n2c(CCCl)nc3c(C)ccnc32)cc1. The minimum Gasteiger partial charge on any atom is -0.281 e. The Hall–Kier alpha value is -1.87. The molecule has 102 valence electrons. The number of aromatic nitrogens is 3. The molecule has 0 bridgehead atoms. The lowest BCUT2D eigenvalue weighted by Crippen LogP contribution is -2.02. The normalized spacial score (nSPS) is 11.2. The van der Waals surface area contributed by atoms with E-state index in [4.69, 9.17) is 16.6 Å². The fraction of sp³-hybridized carbons (Fsp3) is 0.250. The van der Waals surface area contributed by atoms with E-state index in [1.807, 2.05) is 12.3 Å². The maximum Gasteiger partial charge on any atom is 0.164 e. The van der Waals surface area contributed by atoms with Crippen LogP contribution in [0.2, 0.25) is 0 Å². The molecule has 3 nitrogen and oxygen atoms in total. The first-order valence-electron chi connectivity index (χ1n) is 6.66. The summed E-state index contributed by atoms with van der Waals surface area (Å²) in [7, 11) is 0. The van der Waals surface area contributed by atoms with Crippen LogP contribution in [0.3, 0.4) is 0 Å². The molecule has 0 radical (unpaired) electrons. The highest BCUT2D eigenvalue weighted by Gasteiger charge is 2.14. The zero-order valence-electron chi connectivity index (χ0n) is 11.6. The monoisotopic (exact) mass is 285 g/mol. The number of pyridine rings is 1. The van der Waals surface area contributed by atoms with Crippen LogP contribution in [-0.2, 0) is 6.42 Å². The molecule has 0 atom stereocenters. The Labute approximate surface area is 123 Å². The maximum absolute atomic E-state index is 5.91. The largest absolute Gasteiger partial charge is 0.281 e. The molecule has 4 heteroatoms. The van der Waals surface area contributed by atoms with Crippen molar-refractivity contribution < 1.29 is 0 Å². The highest BCUT2D eigenvalue weighted by molar-refractivity contribution is 6.17. The van der Waals surface area contributed by atoms with Crippen molar-refractivity contribution in [1.82, 2.24) is 14.5 Å². The van der Waals surface area contributed by atoms with Gasteiger partial charge < -0.3 is 0 Å². The van der Waals surface area contributed by atoms with E-state index in [9.17, 15) is 0 Å². The molecule has 0 fully saturated rings. The summed E-state index contributed by atoms with van der Waals surface area (Å²) in [6, 6.07) is 10.4. The molecular weight excluding hydrogens is 270 g/mol. The van der Waals surface area contributed by atoms with Gasteiger partial charge in [0.2, 0.25) is 0 Å². The van der Waals surface area contributed by atoms with Crippen LogP contribution in [-0.4, -0.2) is 20.4 Å². The fourth-order valence-electron chi connectivity index (χ4n) is 2.36. The fourth-order valence-corrected chi connectivity index (χ4v) is 2.53. The molecule has 2 heterocycles. The number of hydrogen-bond donors (Lipinski definition) is 0. The Bertz CT molecular complexity index is 744. The van der Waals surface area contributed by atoms with Crippen LogP contribution in [0.25, 0.3) is 16.9 Å². The van der Waals surface area contributed by atoms with Gasteiger partial charge in [0.25, 0.3) is 0 Å². The quantitative estimate of drug-likeness (QED) is 0.685. The van der Waals surface area contributed by atoms with Crippen molar-refractivity contribution in [2.75, 3.05) is 5.88 Å². The zero-order valence-corrected chi connectivity index (χ0v) is 12.4. The Morgan fingerprint density at radius 3 is 2.55 bits per heavy atom. The van der Waals surface area contributed by atoms with E-state index in [1.54, 1.807) is 0 Å². The molecule has 0 saturated carbocycles. The van der Waals surface area contributed by atoms with Crippen molar-refractivity contribution in [2.24, 2.45) is 0 Å². The van der Waals surface area contributed by atoms with E-state index in [1.165, 1.54) is 5.56 Å². The van der Waals surface area contributed by atoms with Crippen LogP contribution in [0.1, 0.15) is 17.0 Å². The average molecular weight is 286 g/mol. The number of alkyl halides is 1. The Balaban J connectivity index is 2.28. The van der Waals surface area contributed by atoms with Crippen molar-refractivity contribution in [3.05, 3.63) is 53.5 Å². The van der Waals surface area contributed by atoms with Crippen molar-refractivity contribution in [1.29, 1.82) is 0 Å². The number of fused-ring (bicyclic) bond motifs is 1. The minimum atomic E-state index is 0.550. The van der Waals surface area contributed by atoms with E-state index < -0.39 is 0 Å². The van der Waals surface area contributed by atoms with Crippen LogP contribution >= 0.6 is 11.6 Å². The molecule has 0 amide bonds. The van der Waals surface area contributed by atoms with E-state index >= 15 is 0 Å². The molecule has 0 N–H and O–H groups in total. The number of hydrogen-bond acceptors (Lipinski definition) is 2. The summed E-state index contributed by atoms with van der Waals surface area (Å²) in [5, 5.41) is 0. The van der Waals surface area contributed by atoms with E-state index in [2.05, 4.69) is 47.7 Å². The predicted octanol–water partition coefficient (Wildman–Crippen LogP) is 3.82. The maximum atomic E-state index is 5.91. The number of imidazole rings is 1. The van der Waals surface area contributed by atoms with Crippen LogP contribution in [0.5, 0.6) is 0 Å². The third-order valence-corrected chi connectivity index (χ3v) is 3.62. The lowest BCUT2D eigenvalue weighted by Gasteiger charge is -2.08. The molecule has 2 aromatic heterocycles. The Morgan fingerprint density at radius 1 is 1.10 bits per heavy atom. The van der Waals surface area contributed by atoms with Gasteiger partial charge in [-0.2, -0.15) is 0 Å². The minimum absolute atomic E-state index is 0.550. The van der Waals surface area contributed by atoms with Gasteiger partial charge in [0.1, 0.15) is 11.3 Å². The number of halogens is 1. The first-order chi connectivity index (χ1) is 9.70. The molecule has 1 aromatic carbocycles. The number of aryl methyl sites for hydroxylation is 3. The smallest absolute Gasteiger partial charge is 0.164 e. The van der Waals surface area contributed by atoms with Gasteiger partial charge in [0.05, 0.1) is 0 Å². The van der Waals surface area contributed by atoms with Crippen LogP contribution in [0.4, 0.5) is 0 Å². The van der Waals surface area contributed by atoms with Gasteiger partial charge in [-0.3, -0.25) is 4.57 Å². The third-order valence-electron chi connectivity index (χ3n) is 3.43. The van der Waals surface area contributed by atoms with Gasteiger partial charge in [-0.05, 0) is 37.6 Å². The van der Waals surface area contributed by atoms with Gasteiger partial charge in [-0.15, -0.1) is 11.6 Å². The van der Waals surface area contributed by atoms with Crippen LogP contribution < -0.4 is 0 Å². The summed E-state index contributed by atoms with van der Waals surface area (Å²) in [6.07, 6.45) is 2.56. The highest BCUT2D eigenvalue weighted by atomic mass is 35.5. The molecule has 20 heavy (non-hydrogen) atoms. The number of rotatable bonds is 3. The summed E-state index contributed by atoms with van der Waals surface area (Å²) >= 11 is 5.91. The van der Waals surface area contributed by atoms with Crippen LogP contribution in [0.15, 0.2) is 36.5 Å². The van der Waals surface area contributed by atoms with E-state index in [-0.39, 0.29) is 0 Å². The Kier molecular flexibility index (Phi) is 3.45. The van der Waals surface area contributed by atoms with E-state index in [0.717, 1.165) is 34.7 Å². The van der Waals surface area contributed by atoms with Gasteiger partial charge in [0, 0.05) is 24.2 Å². The van der Waals surface area contributed by atoms with Gasteiger partial charge >= 0.3 is 0 Å². The predicted molar refractivity (Wildman–Crippen MR) is 82.8 cm³/mol. The molecule has 0 aliphatic heterocycles. The summed E-state index contributed by atoms with van der Waals surface area (Å²) in [5.41, 5.74) is 5.30. The third kappa shape index (κ3) is 2.18. The average Bonchev–Trinajstić information content (AvgIpc) is 2.80.